The Morgan fingerprint density at radius 3 is 2.14 bits per heavy atom. The summed E-state index contributed by atoms with van der Waals surface area (Å²) in [4.78, 5) is 0. The van der Waals surface area contributed by atoms with E-state index < -0.39 is 31.9 Å². The first-order valence-electron chi connectivity index (χ1n) is 5.50. The topological polar surface area (TPSA) is 136 Å². The van der Waals surface area contributed by atoms with Crippen LogP contribution in [0.1, 0.15) is 6.42 Å². The van der Waals surface area contributed by atoms with Crippen LogP contribution in [0, 0.1) is 0 Å². The van der Waals surface area contributed by atoms with Gasteiger partial charge < -0.3 is 19.2 Å². The summed E-state index contributed by atoms with van der Waals surface area (Å²) >= 11 is 0. The van der Waals surface area contributed by atoms with Gasteiger partial charge in [0.25, 0.3) is 0 Å². The van der Waals surface area contributed by atoms with Crippen molar-refractivity contribution in [2.24, 2.45) is 0 Å². The van der Waals surface area contributed by atoms with Crippen LogP contribution >= 0.6 is 0 Å². The summed E-state index contributed by atoms with van der Waals surface area (Å²) in [6.07, 6.45) is 0.0139. The molecule has 0 radical (unpaired) electrons. The average Bonchev–Trinajstić information content (AvgIpc) is 2.31. The van der Waals surface area contributed by atoms with Crippen LogP contribution < -0.4 is 69.2 Å². The molecular weight excluding hydrogens is 356 g/mol. The van der Waals surface area contributed by atoms with Crippen LogP contribution in [-0.2, 0) is 20.2 Å². The van der Waals surface area contributed by atoms with Gasteiger partial charge in [0.2, 0.25) is 0 Å². The molecule has 114 valence electrons. The minimum Gasteiger partial charge on any atom is -0.748 e. The van der Waals surface area contributed by atoms with Gasteiger partial charge in [-0.25, -0.2) is 16.8 Å². The van der Waals surface area contributed by atoms with Gasteiger partial charge in [-0.1, -0.05) is 12.1 Å². The van der Waals surface area contributed by atoms with Gasteiger partial charge in [0.15, 0.2) is 0 Å². The van der Waals surface area contributed by atoms with E-state index in [1.54, 1.807) is 12.1 Å². The van der Waals surface area contributed by atoms with E-state index >= 15 is 0 Å². The zero-order valence-electron chi connectivity index (χ0n) is 12.3. The fourth-order valence-corrected chi connectivity index (χ4v) is 2.13. The number of benzene rings is 1. The normalized spacial score (nSPS) is 11.0. The molecule has 1 aromatic rings. The third-order valence-electron chi connectivity index (χ3n) is 2.12. The third kappa shape index (κ3) is 12.1. The quantitative estimate of drug-likeness (QED) is 0.272. The minimum atomic E-state index is -4.42. The minimum absolute atomic E-state index is 0. The summed E-state index contributed by atoms with van der Waals surface area (Å²) in [7, 11) is -8.71. The van der Waals surface area contributed by atoms with Gasteiger partial charge in [-0.05, 0) is 18.6 Å². The fourth-order valence-electron chi connectivity index (χ4n) is 1.32. The van der Waals surface area contributed by atoms with Gasteiger partial charge >= 0.3 is 59.1 Å². The molecule has 0 atom stereocenters. The monoisotopic (exact) mass is 369 g/mol. The van der Waals surface area contributed by atoms with Crippen molar-refractivity contribution in [2.45, 2.75) is 6.42 Å². The predicted molar refractivity (Wildman–Crippen MR) is 69.3 cm³/mol. The average molecular weight is 369 g/mol. The standard InChI is InChI=1S/C10H15NO7S2.2Na/c12-19(13,14)7-3-6-18-10-5-2-1-4-9(10)11-8-20(15,16)17;;/h1-2,4-5,11H,3,6-8H2,(H,12,13,14)(H,15,16,17);;/q;2*+1/p-2. The van der Waals surface area contributed by atoms with Crippen LogP contribution in [0.2, 0.25) is 0 Å². The van der Waals surface area contributed by atoms with Gasteiger partial charge in [-0.3, -0.25) is 0 Å². The van der Waals surface area contributed by atoms with Crippen LogP contribution in [0.15, 0.2) is 24.3 Å². The Labute approximate surface area is 174 Å². The van der Waals surface area contributed by atoms with Gasteiger partial charge in [-0.15, -0.1) is 0 Å². The van der Waals surface area contributed by atoms with E-state index in [1.807, 2.05) is 0 Å². The Morgan fingerprint density at radius 1 is 1.00 bits per heavy atom. The molecule has 0 fully saturated rings. The summed E-state index contributed by atoms with van der Waals surface area (Å²) in [5.74, 6) is -1.07. The van der Waals surface area contributed by atoms with Crippen LogP contribution in [-0.4, -0.2) is 44.2 Å². The predicted octanol–water partition coefficient (Wildman–Crippen LogP) is -6.08. The second kappa shape index (κ2) is 11.2. The molecule has 0 aliphatic heterocycles. The molecule has 0 aliphatic carbocycles. The first-order chi connectivity index (χ1) is 9.17. The van der Waals surface area contributed by atoms with Gasteiger partial charge in [0.1, 0.15) is 21.7 Å². The van der Waals surface area contributed by atoms with Crippen molar-refractivity contribution in [1.82, 2.24) is 0 Å². The van der Waals surface area contributed by atoms with Crippen molar-refractivity contribution >= 4 is 25.9 Å². The van der Waals surface area contributed by atoms with Crippen molar-refractivity contribution in [3.63, 3.8) is 0 Å². The van der Waals surface area contributed by atoms with Crippen molar-refractivity contribution in [2.75, 3.05) is 23.6 Å². The largest absolute Gasteiger partial charge is 1.00 e. The van der Waals surface area contributed by atoms with Gasteiger partial charge in [-0.2, -0.15) is 0 Å². The maximum absolute atomic E-state index is 10.5. The van der Waals surface area contributed by atoms with E-state index in [0.717, 1.165) is 0 Å². The molecule has 0 spiro atoms. The summed E-state index contributed by atoms with van der Waals surface area (Å²) < 4.78 is 68.0. The maximum Gasteiger partial charge on any atom is 1.00 e. The first-order valence-corrected chi connectivity index (χ1v) is 8.66. The molecule has 0 aliphatic rings. The second-order valence-electron chi connectivity index (χ2n) is 3.84. The fraction of sp³-hybridized carbons (Fsp3) is 0.400. The molecule has 0 amide bonds. The van der Waals surface area contributed by atoms with E-state index in [9.17, 15) is 25.9 Å². The SMILES string of the molecule is O=S(=O)([O-])CCCOc1ccccc1NCS(=O)(=O)[O-].[Na+].[Na+]. The Kier molecular flexibility index (Phi) is 12.7. The third-order valence-corrected chi connectivity index (χ3v) is 3.41. The van der Waals surface area contributed by atoms with Crippen molar-refractivity contribution in [3.8, 4) is 5.75 Å². The number of ether oxygens (including phenoxy) is 1. The Morgan fingerprint density at radius 2 is 1.59 bits per heavy atom. The molecule has 0 bridgehead atoms. The molecule has 0 saturated carbocycles. The molecular formula is C10H13NNa2O7S2. The van der Waals surface area contributed by atoms with E-state index in [2.05, 4.69) is 5.32 Å². The molecule has 1 N–H and O–H groups in total. The first kappa shape index (κ1) is 24.9. The molecule has 0 saturated heterocycles. The maximum atomic E-state index is 10.5. The number of nitrogens with one attached hydrogen (secondary N) is 1. The number of para-hydroxylation sites is 2. The Bertz CT molecular complexity index is 649. The van der Waals surface area contributed by atoms with E-state index in [1.165, 1.54) is 12.1 Å². The van der Waals surface area contributed by atoms with Crippen molar-refractivity contribution in [1.29, 1.82) is 0 Å². The summed E-state index contributed by atoms with van der Waals surface area (Å²) in [6, 6.07) is 6.25. The number of hydrogen-bond donors (Lipinski definition) is 1. The van der Waals surface area contributed by atoms with E-state index in [-0.39, 0.29) is 83.6 Å². The number of hydrogen-bond acceptors (Lipinski definition) is 8. The Balaban J connectivity index is 0. The van der Waals surface area contributed by atoms with Crippen molar-refractivity contribution in [3.05, 3.63) is 24.3 Å². The van der Waals surface area contributed by atoms with Crippen LogP contribution in [0.25, 0.3) is 0 Å². The molecule has 1 aromatic carbocycles. The molecule has 8 nitrogen and oxygen atoms in total. The Hall–Kier alpha value is 0.640. The van der Waals surface area contributed by atoms with Crippen LogP contribution in [0.4, 0.5) is 5.69 Å². The van der Waals surface area contributed by atoms with Gasteiger partial charge in [0.05, 0.1) is 22.4 Å². The number of rotatable bonds is 8. The number of anilines is 1. The molecule has 1 rings (SSSR count). The summed E-state index contributed by atoms with van der Waals surface area (Å²) in [5.41, 5.74) is 0.289. The smallest absolute Gasteiger partial charge is 0.748 e. The summed E-state index contributed by atoms with van der Waals surface area (Å²) in [6.45, 7) is -0.0235. The zero-order chi connectivity index (χ0) is 15.2. The van der Waals surface area contributed by atoms with Crippen LogP contribution in [0.3, 0.4) is 0 Å². The van der Waals surface area contributed by atoms with E-state index in [0.29, 0.717) is 0 Å². The summed E-state index contributed by atoms with van der Waals surface area (Å²) in [5, 5.41) is 2.40. The molecule has 0 unspecified atom stereocenters. The molecule has 22 heavy (non-hydrogen) atoms. The van der Waals surface area contributed by atoms with E-state index in [4.69, 9.17) is 4.74 Å². The molecule has 12 heteroatoms. The second-order valence-corrected chi connectivity index (χ2v) is 6.77. The molecule has 0 heterocycles. The molecule has 0 aromatic heterocycles. The van der Waals surface area contributed by atoms with Crippen molar-refractivity contribution < 1.29 is 89.8 Å². The van der Waals surface area contributed by atoms with Crippen LogP contribution in [0.5, 0.6) is 5.75 Å². The zero-order valence-corrected chi connectivity index (χ0v) is 17.9. The van der Waals surface area contributed by atoms with Gasteiger partial charge in [0, 0.05) is 5.75 Å².